The lowest BCUT2D eigenvalue weighted by atomic mass is 9.54. The lowest BCUT2D eigenvalue weighted by Crippen LogP contribution is -2.60. The van der Waals surface area contributed by atoms with E-state index in [2.05, 4.69) is 10.9 Å². The third kappa shape index (κ3) is 3.54. The van der Waals surface area contributed by atoms with E-state index in [9.17, 15) is 4.79 Å². The van der Waals surface area contributed by atoms with Gasteiger partial charge in [-0.1, -0.05) is 6.92 Å². The molecule has 0 heterocycles. The number of carbonyl (C=O) groups excluding carboxylic acids is 1. The quantitative estimate of drug-likeness (QED) is 0.584. The monoisotopic (exact) mass is 316 g/mol. The first-order chi connectivity index (χ1) is 9.71. The van der Waals surface area contributed by atoms with Crippen LogP contribution in [0.15, 0.2) is 0 Å². The number of hydrazine groups is 1. The predicted octanol–water partition coefficient (Wildman–Crippen LogP) is 2.67. The van der Waals surface area contributed by atoms with Crippen molar-refractivity contribution in [3.05, 3.63) is 0 Å². The van der Waals surface area contributed by atoms with Crippen molar-refractivity contribution in [1.29, 1.82) is 0 Å². The van der Waals surface area contributed by atoms with Crippen molar-refractivity contribution >= 4 is 18.4 Å². The zero-order valence-corrected chi connectivity index (χ0v) is 14.0. The molecule has 0 spiro atoms. The topological polar surface area (TPSA) is 50.4 Å². The molecule has 2 N–H and O–H groups in total. The van der Waals surface area contributed by atoms with Gasteiger partial charge in [0.1, 0.15) is 6.04 Å². The fraction of sp³-hybridized carbons (Fsp3) is 0.938. The second-order valence-electron chi connectivity index (χ2n) is 6.96. The molecule has 0 saturated heterocycles. The van der Waals surface area contributed by atoms with E-state index in [1.165, 1.54) is 32.1 Å². The summed E-state index contributed by atoms with van der Waals surface area (Å²) in [6.07, 6.45) is 7.81. The summed E-state index contributed by atoms with van der Waals surface area (Å²) >= 11 is 0. The van der Waals surface area contributed by atoms with Crippen LogP contribution in [-0.4, -0.2) is 24.7 Å². The van der Waals surface area contributed by atoms with Crippen LogP contribution < -0.4 is 10.9 Å². The van der Waals surface area contributed by atoms with E-state index in [1.807, 2.05) is 13.8 Å². The summed E-state index contributed by atoms with van der Waals surface area (Å²) in [6, 6.07) is 0.346. The second-order valence-corrected chi connectivity index (χ2v) is 6.96. The van der Waals surface area contributed by atoms with Crippen LogP contribution in [0, 0.1) is 23.7 Å². The highest BCUT2D eigenvalue weighted by Crippen LogP contribution is 2.53. The molecule has 4 bridgehead atoms. The minimum atomic E-state index is -0.216. The average Bonchev–Trinajstić information content (AvgIpc) is 2.41. The first kappa shape index (κ1) is 17.0. The molecule has 4 rings (SSSR count). The summed E-state index contributed by atoms with van der Waals surface area (Å²) in [5.41, 5.74) is 6.76. The van der Waals surface area contributed by atoms with Gasteiger partial charge in [0.15, 0.2) is 0 Å². The Hall–Kier alpha value is -0.320. The number of halogens is 1. The zero-order valence-electron chi connectivity index (χ0n) is 13.1. The van der Waals surface area contributed by atoms with Gasteiger partial charge < -0.3 is 4.74 Å². The average molecular weight is 317 g/mol. The number of carbonyl (C=O) groups is 1. The van der Waals surface area contributed by atoms with Crippen LogP contribution in [0.4, 0.5) is 0 Å². The lowest BCUT2D eigenvalue weighted by Gasteiger charge is -2.54. The molecule has 0 amide bonds. The maximum atomic E-state index is 11.8. The molecule has 4 nitrogen and oxygen atoms in total. The van der Waals surface area contributed by atoms with Gasteiger partial charge in [-0.25, -0.2) is 5.43 Å². The second kappa shape index (κ2) is 7.30. The molecule has 1 unspecified atom stereocenters. The zero-order chi connectivity index (χ0) is 14.1. The van der Waals surface area contributed by atoms with Crippen LogP contribution in [0.25, 0.3) is 0 Å². The van der Waals surface area contributed by atoms with E-state index in [4.69, 9.17) is 4.74 Å². The maximum Gasteiger partial charge on any atom is 0.324 e. The molecule has 0 aliphatic heterocycles. The number of esters is 1. The third-order valence-corrected chi connectivity index (χ3v) is 5.63. The van der Waals surface area contributed by atoms with Crippen LogP contribution in [0.2, 0.25) is 0 Å². The summed E-state index contributed by atoms with van der Waals surface area (Å²) in [5, 5.41) is 0. The highest BCUT2D eigenvalue weighted by atomic mass is 35.5. The molecule has 4 saturated carbocycles. The molecule has 0 radical (unpaired) electrons. The molecular weight excluding hydrogens is 288 g/mol. The molecule has 0 aromatic rings. The van der Waals surface area contributed by atoms with Gasteiger partial charge in [-0.3, -0.25) is 10.2 Å². The molecule has 0 aromatic carbocycles. The van der Waals surface area contributed by atoms with Gasteiger partial charge in [0.05, 0.1) is 6.61 Å². The molecule has 122 valence electrons. The van der Waals surface area contributed by atoms with Gasteiger partial charge in [-0.05, 0) is 69.1 Å². The van der Waals surface area contributed by atoms with Crippen molar-refractivity contribution in [2.24, 2.45) is 23.7 Å². The Kier molecular flexibility index (Phi) is 5.92. The summed E-state index contributed by atoms with van der Waals surface area (Å²) in [7, 11) is 0. The van der Waals surface area contributed by atoms with Crippen molar-refractivity contribution in [3.8, 4) is 0 Å². The van der Waals surface area contributed by atoms with Crippen LogP contribution in [0.3, 0.4) is 0 Å². The van der Waals surface area contributed by atoms with Crippen LogP contribution >= 0.6 is 12.4 Å². The standard InChI is InChI=1S/C16H28N2O2.ClH/c1-3-14(16(19)20-4-2)17-18-15-12-6-10-5-11(8-12)9-13(15)7-10;/h10-15,17-18H,3-9H2,1-2H3;1H. The Labute approximate surface area is 134 Å². The van der Waals surface area contributed by atoms with Crippen molar-refractivity contribution in [2.45, 2.75) is 64.5 Å². The predicted molar refractivity (Wildman–Crippen MR) is 85.1 cm³/mol. The van der Waals surface area contributed by atoms with Gasteiger partial charge in [0.25, 0.3) is 0 Å². The molecule has 0 aromatic heterocycles. The van der Waals surface area contributed by atoms with Crippen LogP contribution in [0.5, 0.6) is 0 Å². The Bertz CT molecular complexity index is 336. The molecule has 4 aliphatic carbocycles. The number of hydrogen-bond acceptors (Lipinski definition) is 4. The fourth-order valence-electron chi connectivity index (χ4n) is 4.93. The minimum absolute atomic E-state index is 0. The van der Waals surface area contributed by atoms with Gasteiger partial charge in [-0.15, -0.1) is 12.4 Å². The first-order valence-electron chi connectivity index (χ1n) is 8.38. The smallest absolute Gasteiger partial charge is 0.324 e. The maximum absolute atomic E-state index is 11.8. The van der Waals surface area contributed by atoms with E-state index in [-0.39, 0.29) is 24.4 Å². The van der Waals surface area contributed by atoms with Gasteiger partial charge >= 0.3 is 5.97 Å². The van der Waals surface area contributed by atoms with Gasteiger partial charge in [-0.2, -0.15) is 0 Å². The van der Waals surface area contributed by atoms with Crippen molar-refractivity contribution in [2.75, 3.05) is 6.61 Å². The molecule has 1 atom stereocenters. The highest BCUT2D eigenvalue weighted by molar-refractivity contribution is 5.85. The van der Waals surface area contributed by atoms with E-state index < -0.39 is 0 Å². The number of hydrogen-bond donors (Lipinski definition) is 2. The Balaban J connectivity index is 0.00000161. The molecule has 21 heavy (non-hydrogen) atoms. The fourth-order valence-corrected chi connectivity index (χ4v) is 4.93. The van der Waals surface area contributed by atoms with E-state index in [0.29, 0.717) is 12.6 Å². The summed E-state index contributed by atoms with van der Waals surface area (Å²) in [4.78, 5) is 11.8. The van der Waals surface area contributed by atoms with Crippen molar-refractivity contribution < 1.29 is 9.53 Å². The van der Waals surface area contributed by atoms with Crippen molar-refractivity contribution in [3.63, 3.8) is 0 Å². The number of nitrogens with one attached hydrogen (secondary N) is 2. The summed E-state index contributed by atoms with van der Waals surface area (Å²) in [6.45, 7) is 4.33. The Morgan fingerprint density at radius 1 is 1.10 bits per heavy atom. The number of ether oxygens (including phenoxy) is 1. The van der Waals surface area contributed by atoms with Crippen LogP contribution in [-0.2, 0) is 9.53 Å². The third-order valence-electron chi connectivity index (χ3n) is 5.63. The first-order valence-corrected chi connectivity index (χ1v) is 8.38. The Morgan fingerprint density at radius 3 is 2.14 bits per heavy atom. The SMILES string of the molecule is CCOC(=O)C(CC)NNC1C2CC3CC(C2)CC1C3.Cl. The Morgan fingerprint density at radius 2 is 1.67 bits per heavy atom. The summed E-state index contributed by atoms with van der Waals surface area (Å²) < 4.78 is 5.11. The van der Waals surface area contributed by atoms with E-state index >= 15 is 0 Å². The molecular formula is C16H29ClN2O2. The molecule has 5 heteroatoms. The molecule has 4 aliphatic rings. The van der Waals surface area contributed by atoms with E-state index in [0.717, 1.165) is 30.1 Å². The van der Waals surface area contributed by atoms with Gasteiger partial charge in [0.2, 0.25) is 0 Å². The lowest BCUT2D eigenvalue weighted by molar-refractivity contribution is -0.146. The minimum Gasteiger partial charge on any atom is -0.465 e. The van der Waals surface area contributed by atoms with Crippen LogP contribution in [0.1, 0.15) is 52.4 Å². The van der Waals surface area contributed by atoms with Gasteiger partial charge in [0, 0.05) is 6.04 Å². The van der Waals surface area contributed by atoms with Crippen molar-refractivity contribution in [1.82, 2.24) is 10.9 Å². The van der Waals surface area contributed by atoms with E-state index in [1.54, 1.807) is 0 Å². The highest BCUT2D eigenvalue weighted by Gasteiger charge is 2.48. The molecule has 4 fully saturated rings. The largest absolute Gasteiger partial charge is 0.465 e. The normalized spacial score (nSPS) is 37.9. The number of rotatable bonds is 6. The summed E-state index contributed by atoms with van der Waals surface area (Å²) in [5.74, 6) is 3.48.